The van der Waals surface area contributed by atoms with E-state index >= 15 is 0 Å². The van der Waals surface area contributed by atoms with E-state index in [-0.39, 0.29) is 41.5 Å². The topological polar surface area (TPSA) is 81.2 Å². The first-order valence-electron chi connectivity index (χ1n) is 15.6. The third-order valence-corrected chi connectivity index (χ3v) is 11.3. The van der Waals surface area contributed by atoms with E-state index in [2.05, 4.69) is 40.9 Å². The van der Waals surface area contributed by atoms with Crippen LogP contribution in [0, 0.1) is 17.8 Å². The highest BCUT2D eigenvalue weighted by Gasteiger charge is 2.74. The van der Waals surface area contributed by atoms with Gasteiger partial charge in [0.05, 0.1) is 29.2 Å². The number of benzene rings is 1. The molecule has 2 bridgehead atoms. The van der Waals surface area contributed by atoms with Crippen molar-refractivity contribution in [3.8, 4) is 0 Å². The van der Waals surface area contributed by atoms with Gasteiger partial charge in [-0.1, -0.05) is 69.7 Å². The van der Waals surface area contributed by atoms with E-state index < -0.39 is 28.7 Å². The van der Waals surface area contributed by atoms with E-state index in [9.17, 15) is 19.5 Å². The van der Waals surface area contributed by atoms with Crippen molar-refractivity contribution >= 4 is 29.5 Å². The molecule has 3 aliphatic rings. The summed E-state index contributed by atoms with van der Waals surface area (Å²) < 4.78 is -0.693. The Kier molecular flexibility index (Phi) is 10.6. The fourth-order valence-electron chi connectivity index (χ4n) is 7.63. The van der Waals surface area contributed by atoms with E-state index in [1.165, 1.54) is 0 Å². The number of fused-ring (bicyclic) bond motifs is 1. The zero-order valence-electron chi connectivity index (χ0n) is 25.8. The van der Waals surface area contributed by atoms with Crippen LogP contribution in [0.2, 0.25) is 0 Å². The maximum absolute atomic E-state index is 14.7. The van der Waals surface area contributed by atoms with Crippen LogP contribution in [0.3, 0.4) is 0 Å². The van der Waals surface area contributed by atoms with Crippen molar-refractivity contribution in [1.29, 1.82) is 0 Å². The Labute approximate surface area is 256 Å². The maximum Gasteiger partial charge on any atom is 0.247 e. The van der Waals surface area contributed by atoms with Crippen LogP contribution in [0.4, 0.5) is 0 Å². The summed E-state index contributed by atoms with van der Waals surface area (Å²) in [7, 11) is 0. The molecule has 3 amide bonds. The number of nitrogens with zero attached hydrogens (tertiary/aromatic N) is 3. The standard InChI is InChI=1S/C34H49N3O4S/c1-7-13-24(6)36(19-9-3)33(41)30-34-17-16-27(42-34)28(29(34)32(40)37(30)26(22-38)20-23(4)5)31(39)35(18-8-2)21-25-14-11-10-12-15-25/h8-12,14-15,23-24,26-30,38H,2-3,7,13,16-22H2,1,4-6H3/t24?,26-,27+,28-,29+,30?,34?/m1/s1. The molecule has 230 valence electrons. The van der Waals surface area contributed by atoms with Gasteiger partial charge in [-0.25, -0.2) is 0 Å². The minimum absolute atomic E-state index is 0.0134. The van der Waals surface area contributed by atoms with Crippen LogP contribution in [0.5, 0.6) is 0 Å². The summed E-state index contributed by atoms with van der Waals surface area (Å²) in [6, 6.07) is 8.65. The van der Waals surface area contributed by atoms with Gasteiger partial charge < -0.3 is 19.8 Å². The Morgan fingerprint density at radius 3 is 2.43 bits per heavy atom. The monoisotopic (exact) mass is 595 g/mol. The van der Waals surface area contributed by atoms with Gasteiger partial charge in [-0.05, 0) is 44.1 Å². The van der Waals surface area contributed by atoms with Crippen molar-refractivity contribution < 1.29 is 19.5 Å². The lowest BCUT2D eigenvalue weighted by molar-refractivity contribution is -0.148. The quantitative estimate of drug-likeness (QED) is 0.292. The maximum atomic E-state index is 14.7. The molecule has 3 aliphatic heterocycles. The van der Waals surface area contributed by atoms with E-state index in [1.54, 1.807) is 33.7 Å². The lowest BCUT2D eigenvalue weighted by Gasteiger charge is -2.41. The Balaban J connectivity index is 1.76. The number of carbonyl (C=O) groups is 3. The molecule has 7 nitrogen and oxygen atoms in total. The number of carbonyl (C=O) groups excluding carboxylic acids is 3. The van der Waals surface area contributed by atoms with Crippen LogP contribution in [-0.2, 0) is 20.9 Å². The molecule has 1 N–H and O–H groups in total. The average Bonchev–Trinajstić information content (AvgIpc) is 3.61. The molecule has 0 aliphatic carbocycles. The van der Waals surface area contributed by atoms with Crippen molar-refractivity contribution in [2.45, 2.75) is 94.5 Å². The van der Waals surface area contributed by atoms with Crippen molar-refractivity contribution in [1.82, 2.24) is 14.7 Å². The highest BCUT2D eigenvalue weighted by atomic mass is 32.2. The first kappa shape index (κ1) is 32.3. The van der Waals surface area contributed by atoms with Crippen molar-refractivity contribution in [2.75, 3.05) is 19.7 Å². The molecule has 3 saturated heterocycles. The molecule has 4 rings (SSSR count). The van der Waals surface area contributed by atoms with Crippen molar-refractivity contribution in [2.24, 2.45) is 17.8 Å². The molecule has 3 unspecified atom stereocenters. The SMILES string of the molecule is C=CCN(Cc1ccccc1)C(=O)[C@@H]1[C@@H]2CCC3(S2)C(C(=O)N(CC=C)C(C)CCC)N([C@@H](CO)CC(C)C)C(=O)[C@H]13. The van der Waals surface area contributed by atoms with Gasteiger partial charge in [-0.2, -0.15) is 0 Å². The number of likely N-dealkylation sites (tertiary alicyclic amines) is 1. The smallest absolute Gasteiger partial charge is 0.247 e. The fraction of sp³-hybridized carbons (Fsp3) is 0.618. The highest BCUT2D eigenvalue weighted by molar-refractivity contribution is 8.02. The number of rotatable bonds is 15. The first-order valence-corrected chi connectivity index (χ1v) is 16.5. The Morgan fingerprint density at radius 1 is 1.14 bits per heavy atom. The minimum atomic E-state index is -0.722. The van der Waals surface area contributed by atoms with Crippen molar-refractivity contribution in [3.05, 3.63) is 61.2 Å². The number of aliphatic hydroxyl groups excluding tert-OH is 1. The third-order valence-electron chi connectivity index (χ3n) is 9.33. The molecule has 3 heterocycles. The first-order chi connectivity index (χ1) is 20.1. The molecular weight excluding hydrogens is 546 g/mol. The molecule has 3 fully saturated rings. The van der Waals surface area contributed by atoms with Gasteiger partial charge in [0.2, 0.25) is 17.7 Å². The molecule has 8 heteroatoms. The van der Waals surface area contributed by atoms with Crippen LogP contribution in [0.15, 0.2) is 55.6 Å². The molecule has 1 spiro atoms. The molecule has 7 atom stereocenters. The van der Waals surface area contributed by atoms with E-state index in [0.29, 0.717) is 32.5 Å². The van der Waals surface area contributed by atoms with Gasteiger partial charge in [-0.15, -0.1) is 24.9 Å². The minimum Gasteiger partial charge on any atom is -0.394 e. The number of hydrogen-bond acceptors (Lipinski definition) is 5. The Hall–Kier alpha value is -2.58. The molecule has 0 aromatic heterocycles. The molecule has 1 aromatic rings. The predicted molar refractivity (Wildman–Crippen MR) is 170 cm³/mol. The zero-order chi connectivity index (χ0) is 30.6. The molecule has 42 heavy (non-hydrogen) atoms. The molecule has 1 aromatic carbocycles. The van der Waals surface area contributed by atoms with Crippen molar-refractivity contribution in [3.63, 3.8) is 0 Å². The van der Waals surface area contributed by atoms with Crippen LogP contribution in [-0.4, -0.2) is 85.3 Å². The lowest BCUT2D eigenvalue weighted by Crippen LogP contribution is -2.59. The fourth-order valence-corrected chi connectivity index (χ4v) is 9.82. The summed E-state index contributed by atoms with van der Waals surface area (Å²) >= 11 is 1.69. The highest BCUT2D eigenvalue weighted by Crippen LogP contribution is 2.67. The molecule has 0 saturated carbocycles. The lowest BCUT2D eigenvalue weighted by atomic mass is 9.70. The summed E-state index contributed by atoms with van der Waals surface area (Å²) in [5, 5.41) is 10.6. The molecular formula is C34H49N3O4S. The van der Waals surface area contributed by atoms with Crippen LogP contribution < -0.4 is 0 Å². The summed E-state index contributed by atoms with van der Waals surface area (Å²) in [6.07, 6.45) is 7.35. The van der Waals surface area contributed by atoms with Gasteiger partial charge in [0, 0.05) is 30.9 Å². The van der Waals surface area contributed by atoms with Crippen LogP contribution in [0.1, 0.15) is 65.4 Å². The summed E-state index contributed by atoms with van der Waals surface area (Å²) in [5.41, 5.74) is 1.02. The van der Waals surface area contributed by atoms with Gasteiger partial charge >= 0.3 is 0 Å². The third kappa shape index (κ3) is 5.94. The Morgan fingerprint density at radius 2 is 1.83 bits per heavy atom. The Bertz CT molecular complexity index is 1140. The van der Waals surface area contributed by atoms with Gasteiger partial charge in [0.25, 0.3) is 0 Å². The summed E-state index contributed by atoms with van der Waals surface area (Å²) in [5.74, 6) is -1.17. The number of hydrogen-bond donors (Lipinski definition) is 1. The second-order valence-corrected chi connectivity index (χ2v) is 14.3. The second-order valence-electron chi connectivity index (χ2n) is 12.7. The number of thioether (sulfide) groups is 1. The summed E-state index contributed by atoms with van der Waals surface area (Å²) in [6.45, 7) is 17.1. The van der Waals surface area contributed by atoms with Gasteiger partial charge in [-0.3, -0.25) is 14.4 Å². The normalized spacial score (nSPS) is 27.6. The summed E-state index contributed by atoms with van der Waals surface area (Å²) in [4.78, 5) is 49.1. The van der Waals surface area contributed by atoms with Crippen LogP contribution in [0.25, 0.3) is 0 Å². The zero-order valence-corrected chi connectivity index (χ0v) is 26.6. The van der Waals surface area contributed by atoms with E-state index in [1.807, 2.05) is 35.2 Å². The largest absolute Gasteiger partial charge is 0.394 e. The van der Waals surface area contributed by atoms with E-state index in [0.717, 1.165) is 24.8 Å². The average molecular weight is 596 g/mol. The van der Waals surface area contributed by atoms with Crippen LogP contribution >= 0.6 is 11.8 Å². The number of aliphatic hydroxyl groups is 1. The van der Waals surface area contributed by atoms with Gasteiger partial charge in [0.15, 0.2) is 0 Å². The number of amides is 3. The predicted octanol–water partition coefficient (Wildman–Crippen LogP) is 4.90. The second kappa shape index (κ2) is 13.8. The molecule has 0 radical (unpaired) electrons. The van der Waals surface area contributed by atoms with E-state index in [4.69, 9.17) is 0 Å². The van der Waals surface area contributed by atoms with Gasteiger partial charge in [0.1, 0.15) is 6.04 Å².